The van der Waals surface area contributed by atoms with E-state index in [1.165, 1.54) is 0 Å². The predicted molar refractivity (Wildman–Crippen MR) is 49.5 cm³/mol. The van der Waals surface area contributed by atoms with Gasteiger partial charge in [-0.15, -0.1) is 0 Å². The van der Waals surface area contributed by atoms with E-state index in [1.54, 1.807) is 0 Å². The average Bonchev–Trinajstić information content (AvgIpc) is 2.23. The van der Waals surface area contributed by atoms with E-state index < -0.39 is 0 Å². The van der Waals surface area contributed by atoms with Crippen molar-refractivity contribution in [1.29, 1.82) is 0 Å². The van der Waals surface area contributed by atoms with E-state index in [2.05, 4.69) is 29.0 Å². The van der Waals surface area contributed by atoms with Crippen LogP contribution in [0.4, 0.5) is 5.95 Å². The summed E-state index contributed by atoms with van der Waals surface area (Å²) in [6.45, 7) is 2.12. The lowest BCUT2D eigenvalue weighted by atomic mass is 10.2. The Bertz CT molecular complexity index is 425. The Morgan fingerprint density at radius 2 is 2.42 bits per heavy atom. The average molecular weight is 161 g/mol. The Kier molecular flexibility index (Phi) is 1.50. The Hall–Kier alpha value is -1.51. The zero-order chi connectivity index (χ0) is 8.55. The third-order valence-electron chi connectivity index (χ3n) is 1.88. The van der Waals surface area contributed by atoms with Gasteiger partial charge in [-0.3, -0.25) is 0 Å². The molecule has 3 nitrogen and oxygen atoms in total. The van der Waals surface area contributed by atoms with Crippen molar-refractivity contribution in [1.82, 2.24) is 9.97 Å². The molecule has 0 aliphatic heterocycles. The molecule has 1 aliphatic rings. The number of rotatable bonds is 0. The summed E-state index contributed by atoms with van der Waals surface area (Å²) in [6, 6.07) is 0. The van der Waals surface area contributed by atoms with Crippen LogP contribution in [0, 0.1) is 5.92 Å². The first-order valence-corrected chi connectivity index (χ1v) is 3.97. The number of aromatic amines is 1. The number of fused-ring (bicyclic) bond motifs is 1. The number of nitrogens with two attached hydrogens (primary N) is 1. The fourth-order valence-corrected chi connectivity index (χ4v) is 1.31. The summed E-state index contributed by atoms with van der Waals surface area (Å²) in [6.07, 6.45) is 8.21. The van der Waals surface area contributed by atoms with Crippen LogP contribution in [0.25, 0.3) is 12.2 Å². The number of H-pyrrole nitrogens is 1. The number of nitrogens with zero attached hydrogens (tertiary/aromatic N) is 1. The Balaban J connectivity index is 2.74. The zero-order valence-corrected chi connectivity index (χ0v) is 6.91. The van der Waals surface area contributed by atoms with Gasteiger partial charge in [0.25, 0.3) is 0 Å². The Morgan fingerprint density at radius 3 is 3.25 bits per heavy atom. The maximum absolute atomic E-state index is 5.52. The molecule has 0 spiro atoms. The molecule has 0 saturated carbocycles. The highest BCUT2D eigenvalue weighted by atomic mass is 15.0. The van der Waals surface area contributed by atoms with E-state index in [-0.39, 0.29) is 0 Å². The van der Waals surface area contributed by atoms with Gasteiger partial charge in [0, 0.05) is 0 Å². The van der Waals surface area contributed by atoms with Gasteiger partial charge in [0.2, 0.25) is 0 Å². The minimum absolute atomic E-state index is 0.421. The first kappa shape index (κ1) is 7.16. The van der Waals surface area contributed by atoms with Gasteiger partial charge in [0.05, 0.1) is 10.7 Å². The molecule has 0 aromatic carbocycles. The molecule has 1 aromatic rings. The fraction of sp³-hybridized carbons (Fsp3) is 0.222. The predicted octanol–water partition coefficient (Wildman–Crippen LogP) is -0.241. The second-order valence-corrected chi connectivity index (χ2v) is 3.00. The molecule has 0 saturated heterocycles. The molecule has 0 bridgehead atoms. The number of imidazole rings is 1. The second kappa shape index (κ2) is 2.52. The molecule has 1 atom stereocenters. The quantitative estimate of drug-likeness (QED) is 0.551. The number of nitrogens with one attached hydrogen (secondary N) is 1. The number of allylic oxidation sites excluding steroid dienone is 2. The van der Waals surface area contributed by atoms with Crippen molar-refractivity contribution in [3.8, 4) is 0 Å². The molecular weight excluding hydrogens is 150 g/mol. The van der Waals surface area contributed by atoms with Crippen molar-refractivity contribution in [2.75, 3.05) is 5.73 Å². The highest BCUT2D eigenvalue weighted by Crippen LogP contribution is 1.99. The smallest absolute Gasteiger partial charge is 0.198 e. The standard InChI is InChI=1S/C9H11N3/c1-6-3-2-4-7-8(5-6)12-9(10)11-7/h2-6H,1H3,(H3,10,11,12). The van der Waals surface area contributed by atoms with Crippen LogP contribution in [0.5, 0.6) is 0 Å². The van der Waals surface area contributed by atoms with E-state index >= 15 is 0 Å². The molecule has 3 heteroatoms. The van der Waals surface area contributed by atoms with Crippen molar-refractivity contribution >= 4 is 18.1 Å². The molecule has 12 heavy (non-hydrogen) atoms. The highest BCUT2D eigenvalue weighted by molar-refractivity contribution is 5.44. The maximum atomic E-state index is 5.52. The van der Waals surface area contributed by atoms with E-state index in [1.807, 2.05) is 12.2 Å². The van der Waals surface area contributed by atoms with Crippen LogP contribution < -0.4 is 16.4 Å². The first-order chi connectivity index (χ1) is 5.75. The van der Waals surface area contributed by atoms with Gasteiger partial charge >= 0.3 is 0 Å². The summed E-state index contributed by atoms with van der Waals surface area (Å²) in [7, 11) is 0. The first-order valence-electron chi connectivity index (χ1n) is 3.97. The van der Waals surface area contributed by atoms with Crippen molar-refractivity contribution in [3.05, 3.63) is 22.9 Å². The summed E-state index contributed by atoms with van der Waals surface area (Å²) >= 11 is 0. The van der Waals surface area contributed by atoms with Gasteiger partial charge in [0.1, 0.15) is 0 Å². The number of hydrogen-bond acceptors (Lipinski definition) is 2. The van der Waals surface area contributed by atoms with Gasteiger partial charge < -0.3 is 10.7 Å². The van der Waals surface area contributed by atoms with E-state index in [0.717, 1.165) is 10.7 Å². The minimum Gasteiger partial charge on any atom is -0.369 e. The van der Waals surface area contributed by atoms with Crippen LogP contribution in [0.15, 0.2) is 12.2 Å². The van der Waals surface area contributed by atoms with Crippen LogP contribution in [0.1, 0.15) is 6.92 Å². The lowest BCUT2D eigenvalue weighted by Crippen LogP contribution is -2.23. The number of aromatic nitrogens is 2. The monoisotopic (exact) mass is 161 g/mol. The molecule has 1 unspecified atom stereocenters. The lowest BCUT2D eigenvalue weighted by molar-refractivity contribution is 0.992. The summed E-state index contributed by atoms with van der Waals surface area (Å²) in [5.41, 5.74) is 5.52. The van der Waals surface area contributed by atoms with Crippen molar-refractivity contribution in [3.63, 3.8) is 0 Å². The fourth-order valence-electron chi connectivity index (χ4n) is 1.31. The summed E-state index contributed by atoms with van der Waals surface area (Å²) in [5.74, 6) is 0.903. The van der Waals surface area contributed by atoms with E-state index in [9.17, 15) is 0 Å². The van der Waals surface area contributed by atoms with Gasteiger partial charge in [-0.05, 0) is 18.1 Å². The molecule has 1 aliphatic carbocycles. The Morgan fingerprint density at radius 1 is 1.58 bits per heavy atom. The highest BCUT2D eigenvalue weighted by Gasteiger charge is 1.98. The summed E-state index contributed by atoms with van der Waals surface area (Å²) in [4.78, 5) is 7.14. The van der Waals surface area contributed by atoms with Crippen molar-refractivity contribution in [2.45, 2.75) is 6.92 Å². The third kappa shape index (κ3) is 1.13. The third-order valence-corrected chi connectivity index (χ3v) is 1.88. The zero-order valence-electron chi connectivity index (χ0n) is 6.91. The molecule has 3 N–H and O–H groups in total. The van der Waals surface area contributed by atoms with Gasteiger partial charge in [-0.2, -0.15) is 0 Å². The summed E-state index contributed by atoms with van der Waals surface area (Å²) in [5, 5.41) is 1.94. The second-order valence-electron chi connectivity index (χ2n) is 3.00. The van der Waals surface area contributed by atoms with Crippen molar-refractivity contribution in [2.24, 2.45) is 5.92 Å². The van der Waals surface area contributed by atoms with Crippen molar-refractivity contribution < 1.29 is 0 Å². The number of nitrogen functional groups attached to an aromatic ring is 1. The van der Waals surface area contributed by atoms with Gasteiger partial charge in [-0.25, -0.2) is 4.98 Å². The molecule has 0 fully saturated rings. The van der Waals surface area contributed by atoms with E-state index in [0.29, 0.717) is 11.9 Å². The molecular formula is C9H11N3. The topological polar surface area (TPSA) is 54.7 Å². The minimum atomic E-state index is 0.421. The summed E-state index contributed by atoms with van der Waals surface area (Å²) < 4.78 is 0. The number of hydrogen-bond donors (Lipinski definition) is 2. The van der Waals surface area contributed by atoms with Gasteiger partial charge in [0.15, 0.2) is 5.95 Å². The van der Waals surface area contributed by atoms with Crippen LogP contribution in [0.3, 0.4) is 0 Å². The van der Waals surface area contributed by atoms with Crippen LogP contribution >= 0.6 is 0 Å². The lowest BCUT2D eigenvalue weighted by Gasteiger charge is -1.91. The largest absolute Gasteiger partial charge is 0.369 e. The molecule has 0 amide bonds. The molecule has 0 radical (unpaired) electrons. The molecule has 62 valence electrons. The SMILES string of the molecule is CC1C=CC=c2[nH]c(N)nc2=C1. The molecule has 2 rings (SSSR count). The molecule has 1 aromatic heterocycles. The normalized spacial score (nSPS) is 20.6. The molecule has 1 heterocycles. The van der Waals surface area contributed by atoms with E-state index in [4.69, 9.17) is 5.73 Å². The van der Waals surface area contributed by atoms with Crippen LogP contribution in [-0.4, -0.2) is 9.97 Å². The van der Waals surface area contributed by atoms with Crippen LogP contribution in [0.2, 0.25) is 0 Å². The number of anilines is 1. The van der Waals surface area contributed by atoms with Crippen LogP contribution in [-0.2, 0) is 0 Å². The Labute approximate surface area is 70.3 Å². The van der Waals surface area contributed by atoms with Gasteiger partial charge in [-0.1, -0.05) is 19.1 Å². The maximum Gasteiger partial charge on any atom is 0.198 e.